The van der Waals surface area contributed by atoms with Crippen molar-refractivity contribution >= 4 is 29.1 Å². The van der Waals surface area contributed by atoms with Crippen molar-refractivity contribution in [3.63, 3.8) is 0 Å². The maximum atomic E-state index is 13.1. The van der Waals surface area contributed by atoms with E-state index in [-0.39, 0.29) is 37.0 Å². The van der Waals surface area contributed by atoms with Gasteiger partial charge in [0.1, 0.15) is 5.65 Å². The number of rotatable bonds is 13. The van der Waals surface area contributed by atoms with Gasteiger partial charge in [-0.15, -0.1) is 0 Å². The molecule has 2 atom stereocenters. The van der Waals surface area contributed by atoms with E-state index in [1.807, 2.05) is 30.3 Å². The number of pyridine rings is 2. The molecule has 1 fully saturated rings. The molecule has 5 rings (SSSR count). The number of esters is 1. The SMILES string of the molecule is COC(=O)C[C@H](O)CNCc1cnc2cc(-c3cccc(-c4ccc(CNC[C@@H]5CCC(=O)N5)c(OC)n4)c3Cl)ccn2c1=O. The Kier molecular flexibility index (Phi) is 10.4. The van der Waals surface area contributed by atoms with E-state index in [1.165, 1.54) is 17.7 Å². The molecule has 1 aliphatic heterocycles. The van der Waals surface area contributed by atoms with Crippen molar-refractivity contribution in [3.05, 3.63) is 81.4 Å². The van der Waals surface area contributed by atoms with Crippen LogP contribution in [0.4, 0.5) is 0 Å². The van der Waals surface area contributed by atoms with Crippen LogP contribution in [0.25, 0.3) is 28.0 Å². The number of benzene rings is 1. The average molecular weight is 635 g/mol. The van der Waals surface area contributed by atoms with E-state index in [1.54, 1.807) is 25.4 Å². The summed E-state index contributed by atoms with van der Waals surface area (Å²) in [5, 5.41) is 19.7. The smallest absolute Gasteiger partial charge is 0.308 e. The summed E-state index contributed by atoms with van der Waals surface area (Å²) in [7, 11) is 2.83. The van der Waals surface area contributed by atoms with Crippen LogP contribution in [-0.2, 0) is 27.4 Å². The van der Waals surface area contributed by atoms with E-state index >= 15 is 0 Å². The molecule has 4 aromatic rings. The summed E-state index contributed by atoms with van der Waals surface area (Å²) in [6, 6.07) is 13.2. The van der Waals surface area contributed by atoms with Crippen molar-refractivity contribution in [2.75, 3.05) is 27.3 Å². The van der Waals surface area contributed by atoms with Gasteiger partial charge >= 0.3 is 5.97 Å². The minimum absolute atomic E-state index is 0.0871. The van der Waals surface area contributed by atoms with Gasteiger partial charge < -0.3 is 30.5 Å². The van der Waals surface area contributed by atoms with E-state index < -0.39 is 12.1 Å². The van der Waals surface area contributed by atoms with Crippen LogP contribution < -0.4 is 26.2 Å². The van der Waals surface area contributed by atoms with Crippen molar-refractivity contribution in [1.82, 2.24) is 30.3 Å². The fourth-order valence-electron chi connectivity index (χ4n) is 5.22. The number of halogens is 1. The van der Waals surface area contributed by atoms with Crippen molar-refractivity contribution < 1.29 is 24.2 Å². The Hall–Kier alpha value is -4.36. The minimum Gasteiger partial charge on any atom is -0.481 e. The summed E-state index contributed by atoms with van der Waals surface area (Å²) in [6.07, 6.45) is 3.47. The first-order valence-electron chi connectivity index (χ1n) is 14.6. The number of fused-ring (bicyclic) bond motifs is 1. The summed E-state index contributed by atoms with van der Waals surface area (Å²) >= 11 is 6.94. The van der Waals surface area contributed by atoms with Gasteiger partial charge in [0.15, 0.2) is 0 Å². The second kappa shape index (κ2) is 14.6. The van der Waals surface area contributed by atoms with Gasteiger partial charge in [-0.1, -0.05) is 35.9 Å². The van der Waals surface area contributed by atoms with Crippen LogP contribution >= 0.6 is 11.6 Å². The Balaban J connectivity index is 1.31. The number of amides is 1. The van der Waals surface area contributed by atoms with Gasteiger partial charge in [0.25, 0.3) is 5.56 Å². The van der Waals surface area contributed by atoms with Gasteiger partial charge in [-0.25, -0.2) is 9.97 Å². The predicted molar refractivity (Wildman–Crippen MR) is 169 cm³/mol. The molecule has 4 heterocycles. The molecule has 236 valence electrons. The molecule has 0 saturated carbocycles. The lowest BCUT2D eigenvalue weighted by molar-refractivity contribution is -0.142. The first-order chi connectivity index (χ1) is 21.8. The van der Waals surface area contributed by atoms with E-state index in [4.69, 9.17) is 21.3 Å². The van der Waals surface area contributed by atoms with Gasteiger partial charge in [0.05, 0.1) is 37.5 Å². The topological polar surface area (TPSA) is 156 Å². The van der Waals surface area contributed by atoms with Crippen molar-refractivity contribution in [3.8, 4) is 28.3 Å². The van der Waals surface area contributed by atoms with Gasteiger partial charge in [-0.2, -0.15) is 0 Å². The number of aromatic nitrogens is 3. The van der Waals surface area contributed by atoms with Crippen molar-refractivity contribution in [1.29, 1.82) is 0 Å². The van der Waals surface area contributed by atoms with Crippen LogP contribution in [0.15, 0.2) is 59.7 Å². The van der Waals surface area contributed by atoms with Crippen LogP contribution in [0.2, 0.25) is 5.02 Å². The molecule has 0 bridgehead atoms. The quantitative estimate of drug-likeness (QED) is 0.161. The van der Waals surface area contributed by atoms with E-state index in [2.05, 4.69) is 25.7 Å². The third-order valence-electron chi connectivity index (χ3n) is 7.62. The predicted octanol–water partition coefficient (Wildman–Crippen LogP) is 2.47. The number of hydrogen-bond donors (Lipinski definition) is 4. The van der Waals surface area contributed by atoms with Gasteiger partial charge in [-0.3, -0.25) is 18.8 Å². The van der Waals surface area contributed by atoms with E-state index in [0.717, 1.165) is 28.7 Å². The van der Waals surface area contributed by atoms with Crippen LogP contribution in [0, 0.1) is 0 Å². The highest BCUT2D eigenvalue weighted by atomic mass is 35.5. The molecule has 12 nitrogen and oxygen atoms in total. The molecule has 1 aliphatic rings. The maximum absolute atomic E-state index is 13.1. The molecule has 0 unspecified atom stereocenters. The maximum Gasteiger partial charge on any atom is 0.308 e. The number of ether oxygens (including phenoxy) is 2. The Morgan fingerprint density at radius 2 is 1.93 bits per heavy atom. The second-order valence-electron chi connectivity index (χ2n) is 10.8. The van der Waals surface area contributed by atoms with Crippen LogP contribution in [-0.4, -0.2) is 70.8 Å². The lowest BCUT2D eigenvalue weighted by Gasteiger charge is -2.15. The summed E-state index contributed by atoms with van der Waals surface area (Å²) < 4.78 is 11.6. The van der Waals surface area contributed by atoms with Gasteiger partial charge in [-0.05, 0) is 30.2 Å². The molecule has 3 aromatic heterocycles. The Morgan fingerprint density at radius 1 is 1.13 bits per heavy atom. The normalized spacial score (nSPS) is 15.2. The third-order valence-corrected chi connectivity index (χ3v) is 8.02. The van der Waals surface area contributed by atoms with Crippen molar-refractivity contribution in [2.45, 2.75) is 44.5 Å². The minimum atomic E-state index is -0.930. The Morgan fingerprint density at radius 3 is 2.69 bits per heavy atom. The number of methoxy groups -OCH3 is 2. The molecule has 1 aromatic carbocycles. The number of carbonyl (C=O) groups excluding carboxylic acids is 2. The molecule has 45 heavy (non-hydrogen) atoms. The second-order valence-corrected chi connectivity index (χ2v) is 11.1. The molecule has 13 heteroatoms. The Bertz CT molecular complexity index is 1760. The molecule has 4 N–H and O–H groups in total. The number of nitrogens with zero attached hydrogens (tertiary/aromatic N) is 3. The zero-order valence-electron chi connectivity index (χ0n) is 25.0. The van der Waals surface area contributed by atoms with Gasteiger partial charge in [0, 0.05) is 73.3 Å². The lowest BCUT2D eigenvalue weighted by Crippen LogP contribution is -2.35. The molecule has 0 aliphatic carbocycles. The molecule has 1 amide bonds. The summed E-state index contributed by atoms with van der Waals surface area (Å²) in [5.41, 5.74) is 4.39. The summed E-state index contributed by atoms with van der Waals surface area (Å²) in [5.74, 6) is 0.0578. The molecule has 0 radical (unpaired) electrons. The standard InChI is InChI=1S/C32H35ClN6O6/c1-44-29(42)13-23(40)18-35-15-21-16-36-27-12-19(10-11-39(27)32(21)43)24-4-3-5-25(30(24)33)26-8-6-20(31(38-26)45-2)14-34-17-22-7-9-28(41)37-22/h3-6,8,10-12,16,22-23,34-35,40H,7,9,13-15,17-18H2,1-2H3,(H,37,41)/t22-,23-/m0/s1. The fourth-order valence-corrected chi connectivity index (χ4v) is 5.55. The third kappa shape index (κ3) is 7.66. The molecule has 1 saturated heterocycles. The molecule has 0 spiro atoms. The number of aliphatic hydroxyl groups excluding tert-OH is 1. The van der Waals surface area contributed by atoms with E-state index in [0.29, 0.717) is 47.3 Å². The highest BCUT2D eigenvalue weighted by Crippen LogP contribution is 2.36. The van der Waals surface area contributed by atoms with Crippen molar-refractivity contribution in [2.24, 2.45) is 0 Å². The number of hydrogen-bond acceptors (Lipinski definition) is 10. The van der Waals surface area contributed by atoms with Crippen LogP contribution in [0.5, 0.6) is 5.88 Å². The number of aliphatic hydroxyl groups is 1. The lowest BCUT2D eigenvalue weighted by atomic mass is 10.0. The van der Waals surface area contributed by atoms with E-state index in [9.17, 15) is 19.5 Å². The largest absolute Gasteiger partial charge is 0.481 e. The highest BCUT2D eigenvalue weighted by Gasteiger charge is 2.20. The first kappa shape index (κ1) is 32.0. The molecular formula is C32H35ClN6O6. The monoisotopic (exact) mass is 634 g/mol. The average Bonchev–Trinajstić information content (AvgIpc) is 3.46. The number of nitrogens with one attached hydrogen (secondary N) is 3. The Labute approximate surface area is 264 Å². The first-order valence-corrected chi connectivity index (χ1v) is 14.9. The number of carbonyl (C=O) groups is 2. The zero-order valence-corrected chi connectivity index (χ0v) is 25.8. The van der Waals surface area contributed by atoms with Crippen LogP contribution in [0.1, 0.15) is 30.4 Å². The van der Waals surface area contributed by atoms with Gasteiger partial charge in [0.2, 0.25) is 11.8 Å². The summed E-state index contributed by atoms with van der Waals surface area (Å²) in [4.78, 5) is 45.0. The zero-order chi connectivity index (χ0) is 31.9. The summed E-state index contributed by atoms with van der Waals surface area (Å²) in [6.45, 7) is 1.49. The molecular weight excluding hydrogens is 600 g/mol. The highest BCUT2D eigenvalue weighted by molar-refractivity contribution is 6.36. The van der Waals surface area contributed by atoms with Crippen LogP contribution in [0.3, 0.4) is 0 Å². The fraction of sp³-hybridized carbons (Fsp3) is 0.344.